The van der Waals surface area contributed by atoms with Crippen molar-refractivity contribution < 1.29 is 17.5 Å². The number of fused-ring (bicyclic) bond motifs is 1. The predicted octanol–water partition coefficient (Wildman–Crippen LogP) is 3.13. The van der Waals surface area contributed by atoms with Gasteiger partial charge in [-0.2, -0.15) is 0 Å². The highest BCUT2D eigenvalue weighted by atomic mass is 32.2. The van der Waals surface area contributed by atoms with Crippen LogP contribution in [-0.2, 0) is 16.4 Å². The molecule has 0 atom stereocenters. The highest BCUT2D eigenvalue weighted by molar-refractivity contribution is 7.90. The Bertz CT molecular complexity index is 1030. The Hall–Kier alpha value is -2.38. The molecule has 3 rings (SSSR count). The summed E-state index contributed by atoms with van der Waals surface area (Å²) in [6, 6.07) is 10.6. The largest absolute Gasteiger partial charge is 0.496 e. The zero-order chi connectivity index (χ0) is 18.9. The van der Waals surface area contributed by atoms with Crippen molar-refractivity contribution in [3.8, 4) is 5.75 Å². The van der Waals surface area contributed by atoms with Gasteiger partial charge in [0.05, 0.1) is 17.5 Å². The molecule has 0 unspecified atom stereocenters. The molecule has 0 aliphatic carbocycles. The summed E-state index contributed by atoms with van der Waals surface area (Å²) in [5.41, 5.74) is 1.07. The van der Waals surface area contributed by atoms with Crippen LogP contribution in [0.1, 0.15) is 5.56 Å². The van der Waals surface area contributed by atoms with Crippen LogP contribution in [0.15, 0.2) is 53.6 Å². The average Bonchev–Trinajstić information content (AvgIpc) is 2.99. The average molecular weight is 376 g/mol. The highest BCUT2D eigenvalue weighted by Gasteiger charge is 2.23. The van der Waals surface area contributed by atoms with Gasteiger partial charge in [0, 0.05) is 24.2 Å². The maximum Gasteiger partial charge on any atom is 0.268 e. The molecule has 0 aliphatic heterocycles. The van der Waals surface area contributed by atoms with E-state index < -0.39 is 15.8 Å². The van der Waals surface area contributed by atoms with Crippen LogP contribution in [0, 0.1) is 5.82 Å². The third-order valence-electron chi connectivity index (χ3n) is 4.23. The van der Waals surface area contributed by atoms with Crippen molar-refractivity contribution in [3.05, 3.63) is 60.0 Å². The van der Waals surface area contributed by atoms with E-state index in [1.54, 1.807) is 24.4 Å². The third-order valence-corrected chi connectivity index (χ3v) is 5.91. The van der Waals surface area contributed by atoms with Gasteiger partial charge in [-0.15, -0.1) is 0 Å². The number of hydrogen-bond donors (Lipinski definition) is 0. The fourth-order valence-electron chi connectivity index (χ4n) is 2.94. The topological polar surface area (TPSA) is 51.5 Å². The molecule has 138 valence electrons. The van der Waals surface area contributed by atoms with Gasteiger partial charge in [0.2, 0.25) is 0 Å². The van der Waals surface area contributed by atoms with E-state index in [1.807, 2.05) is 19.0 Å². The van der Waals surface area contributed by atoms with Crippen LogP contribution in [0.3, 0.4) is 0 Å². The number of rotatable bonds is 6. The summed E-state index contributed by atoms with van der Waals surface area (Å²) < 4.78 is 46.8. The normalized spacial score (nSPS) is 12.0. The Morgan fingerprint density at radius 1 is 1.15 bits per heavy atom. The lowest BCUT2D eigenvalue weighted by atomic mass is 10.1. The van der Waals surface area contributed by atoms with E-state index in [0.717, 1.165) is 16.1 Å². The molecular formula is C19H21FN2O3S. The first kappa shape index (κ1) is 18.4. The van der Waals surface area contributed by atoms with Gasteiger partial charge in [-0.05, 0) is 44.3 Å². The van der Waals surface area contributed by atoms with Crippen molar-refractivity contribution in [3.63, 3.8) is 0 Å². The number of benzene rings is 2. The molecule has 0 bridgehead atoms. The number of aromatic nitrogens is 1. The van der Waals surface area contributed by atoms with Crippen LogP contribution in [0.5, 0.6) is 5.75 Å². The molecule has 26 heavy (non-hydrogen) atoms. The van der Waals surface area contributed by atoms with Crippen molar-refractivity contribution in [2.24, 2.45) is 0 Å². The molecule has 1 aromatic heterocycles. The van der Waals surface area contributed by atoms with E-state index >= 15 is 0 Å². The summed E-state index contributed by atoms with van der Waals surface area (Å²) in [5, 5.41) is 0.621. The molecule has 0 amide bonds. The molecule has 0 saturated heterocycles. The zero-order valence-electron chi connectivity index (χ0n) is 14.9. The second-order valence-electron chi connectivity index (χ2n) is 6.32. The smallest absolute Gasteiger partial charge is 0.268 e. The predicted molar refractivity (Wildman–Crippen MR) is 99.7 cm³/mol. The third kappa shape index (κ3) is 3.32. The van der Waals surface area contributed by atoms with Crippen LogP contribution < -0.4 is 4.74 Å². The lowest BCUT2D eigenvalue weighted by molar-refractivity contribution is 0.410. The molecule has 2 aromatic carbocycles. The Labute approximate surface area is 152 Å². The number of hydrogen-bond acceptors (Lipinski definition) is 4. The van der Waals surface area contributed by atoms with Gasteiger partial charge in [-0.3, -0.25) is 0 Å². The van der Waals surface area contributed by atoms with E-state index in [4.69, 9.17) is 4.74 Å². The van der Waals surface area contributed by atoms with Crippen LogP contribution in [-0.4, -0.2) is 45.0 Å². The maximum absolute atomic E-state index is 14.1. The summed E-state index contributed by atoms with van der Waals surface area (Å²) in [4.78, 5) is 2.16. The van der Waals surface area contributed by atoms with Gasteiger partial charge in [0.1, 0.15) is 11.6 Å². The van der Waals surface area contributed by atoms with Crippen molar-refractivity contribution >= 4 is 20.9 Å². The first-order chi connectivity index (χ1) is 12.3. The molecule has 5 nitrogen and oxygen atoms in total. The summed E-state index contributed by atoms with van der Waals surface area (Å²) in [7, 11) is 1.49. The second kappa shape index (κ2) is 7.09. The van der Waals surface area contributed by atoms with Crippen molar-refractivity contribution in [1.29, 1.82) is 0 Å². The molecule has 3 aromatic rings. The van der Waals surface area contributed by atoms with Crippen LogP contribution >= 0.6 is 0 Å². The summed E-state index contributed by atoms with van der Waals surface area (Å²) >= 11 is 0. The Balaban J connectivity index is 2.27. The number of halogens is 1. The van der Waals surface area contributed by atoms with Gasteiger partial charge >= 0.3 is 0 Å². The minimum atomic E-state index is -3.84. The van der Waals surface area contributed by atoms with Crippen LogP contribution in [0.25, 0.3) is 10.9 Å². The number of likely N-dealkylation sites (N-methyl/N-ethyl adjacent to an activating group) is 1. The lowest BCUT2D eigenvalue weighted by Gasteiger charge is -2.09. The lowest BCUT2D eigenvalue weighted by Crippen LogP contribution is -2.15. The van der Waals surface area contributed by atoms with Gasteiger partial charge in [0.25, 0.3) is 10.0 Å². The number of methoxy groups -OCH3 is 1. The highest BCUT2D eigenvalue weighted by Crippen LogP contribution is 2.34. The van der Waals surface area contributed by atoms with Crippen molar-refractivity contribution in [2.75, 3.05) is 27.7 Å². The molecule has 0 N–H and O–H groups in total. The van der Waals surface area contributed by atoms with E-state index in [-0.39, 0.29) is 10.4 Å². The Kier molecular flexibility index (Phi) is 5.02. The quantitative estimate of drug-likeness (QED) is 0.663. The molecule has 0 spiro atoms. The molecule has 1 heterocycles. The standard InChI is InChI=1S/C19H21FN2O3S/c1-21(2)10-9-14-13-22(26(23,24)16-7-5-4-6-8-16)17-11-15(20)12-18(25-3)19(14)17/h4-8,11-13H,9-10H2,1-3H3. The maximum atomic E-state index is 14.1. The van der Waals surface area contributed by atoms with E-state index in [9.17, 15) is 12.8 Å². The summed E-state index contributed by atoms with van der Waals surface area (Å²) in [6.07, 6.45) is 2.18. The van der Waals surface area contributed by atoms with Crippen LogP contribution in [0.2, 0.25) is 0 Å². The monoisotopic (exact) mass is 376 g/mol. The zero-order valence-corrected chi connectivity index (χ0v) is 15.8. The first-order valence-corrected chi connectivity index (χ1v) is 9.61. The minimum Gasteiger partial charge on any atom is -0.496 e. The fraction of sp³-hybridized carbons (Fsp3) is 0.263. The van der Waals surface area contributed by atoms with Gasteiger partial charge < -0.3 is 9.64 Å². The molecule has 0 aliphatic rings. The summed E-state index contributed by atoms with van der Waals surface area (Å²) in [6.45, 7) is 0.727. The van der Waals surface area contributed by atoms with Gasteiger partial charge in [0.15, 0.2) is 0 Å². The van der Waals surface area contributed by atoms with Gasteiger partial charge in [-0.1, -0.05) is 18.2 Å². The molecule has 0 radical (unpaired) electrons. The van der Waals surface area contributed by atoms with E-state index in [2.05, 4.69) is 0 Å². The fourth-order valence-corrected chi connectivity index (χ4v) is 4.34. The van der Waals surface area contributed by atoms with E-state index in [0.29, 0.717) is 17.6 Å². The van der Waals surface area contributed by atoms with E-state index in [1.165, 1.54) is 31.4 Å². The van der Waals surface area contributed by atoms with Crippen molar-refractivity contribution in [1.82, 2.24) is 8.87 Å². The minimum absolute atomic E-state index is 0.152. The Morgan fingerprint density at radius 3 is 2.46 bits per heavy atom. The molecule has 0 fully saturated rings. The summed E-state index contributed by atoms with van der Waals surface area (Å²) in [5.74, 6) is -0.216. The second-order valence-corrected chi connectivity index (χ2v) is 8.14. The van der Waals surface area contributed by atoms with Crippen molar-refractivity contribution in [2.45, 2.75) is 11.3 Å². The van der Waals surface area contributed by atoms with Crippen LogP contribution in [0.4, 0.5) is 4.39 Å². The van der Waals surface area contributed by atoms with Gasteiger partial charge in [-0.25, -0.2) is 16.8 Å². The Morgan fingerprint density at radius 2 is 1.85 bits per heavy atom. The molecule has 7 heteroatoms. The first-order valence-electron chi connectivity index (χ1n) is 8.17. The number of nitrogens with zero attached hydrogens (tertiary/aromatic N) is 2. The molecular weight excluding hydrogens is 355 g/mol. The SMILES string of the molecule is COc1cc(F)cc2c1c(CCN(C)C)cn2S(=O)(=O)c1ccccc1. The molecule has 0 saturated carbocycles. The number of ether oxygens (including phenoxy) is 1.